The van der Waals surface area contributed by atoms with Gasteiger partial charge in [-0.3, -0.25) is 0 Å². The number of likely N-dealkylation sites (N-methyl/N-ethyl adjacent to an activating group) is 1. The number of nitrogens with one attached hydrogen (secondary N) is 1. The van der Waals surface area contributed by atoms with Crippen molar-refractivity contribution in [2.45, 2.75) is 58.5 Å². The monoisotopic (exact) mass is 279 g/mol. The molecule has 1 unspecified atom stereocenters. The zero-order valence-corrected chi connectivity index (χ0v) is 13.4. The van der Waals surface area contributed by atoms with Gasteiger partial charge in [-0.25, -0.2) is 4.98 Å². The number of rotatable bonds is 6. The van der Waals surface area contributed by atoms with E-state index in [0.717, 1.165) is 30.3 Å². The van der Waals surface area contributed by atoms with Gasteiger partial charge in [-0.05, 0) is 59.7 Å². The third kappa shape index (κ3) is 4.32. The number of hydrogen-bond donors (Lipinski definition) is 1. The van der Waals surface area contributed by atoms with Crippen molar-refractivity contribution in [3.63, 3.8) is 0 Å². The van der Waals surface area contributed by atoms with Crippen LogP contribution in [-0.4, -0.2) is 42.1 Å². The van der Waals surface area contributed by atoms with Gasteiger partial charge in [0.2, 0.25) is 0 Å². The number of nitrogens with zero attached hydrogens (tertiary/aromatic N) is 2. The Morgan fingerprint density at radius 3 is 2.65 bits per heavy atom. The van der Waals surface area contributed by atoms with Crippen LogP contribution < -0.4 is 5.32 Å². The number of oxazole rings is 1. The molecule has 0 amide bonds. The molecular weight excluding hydrogens is 250 g/mol. The molecule has 1 atom stereocenters. The Morgan fingerprint density at radius 2 is 2.05 bits per heavy atom. The standard InChI is InChI=1S/C16H29N3O/c1-12(2)19-7-5-14(6-8-19)10-16-18-15(11-20-16)9-13(3)17-4/h11-14,17H,5-10H2,1-4H3. The van der Waals surface area contributed by atoms with E-state index in [1.54, 1.807) is 0 Å². The van der Waals surface area contributed by atoms with Crippen molar-refractivity contribution in [3.05, 3.63) is 17.8 Å². The molecule has 4 nitrogen and oxygen atoms in total. The second-order valence-corrected chi connectivity index (χ2v) is 6.40. The molecule has 1 saturated heterocycles. The highest BCUT2D eigenvalue weighted by atomic mass is 16.3. The Hall–Kier alpha value is -0.870. The quantitative estimate of drug-likeness (QED) is 0.868. The van der Waals surface area contributed by atoms with Gasteiger partial charge >= 0.3 is 0 Å². The summed E-state index contributed by atoms with van der Waals surface area (Å²) in [6.07, 6.45) is 6.30. The van der Waals surface area contributed by atoms with E-state index in [4.69, 9.17) is 4.42 Å². The van der Waals surface area contributed by atoms with Crippen molar-refractivity contribution in [3.8, 4) is 0 Å². The first kappa shape index (κ1) is 15.5. The molecule has 0 aliphatic carbocycles. The largest absolute Gasteiger partial charge is 0.449 e. The fraction of sp³-hybridized carbons (Fsp3) is 0.812. The minimum atomic E-state index is 0.447. The van der Waals surface area contributed by atoms with Gasteiger partial charge in [0, 0.05) is 24.9 Å². The lowest BCUT2D eigenvalue weighted by atomic mass is 9.93. The van der Waals surface area contributed by atoms with E-state index in [0.29, 0.717) is 12.1 Å². The van der Waals surface area contributed by atoms with Crippen molar-refractivity contribution in [2.24, 2.45) is 5.92 Å². The number of likely N-dealkylation sites (tertiary alicyclic amines) is 1. The molecule has 2 heterocycles. The lowest BCUT2D eigenvalue weighted by Gasteiger charge is -2.34. The van der Waals surface area contributed by atoms with Gasteiger partial charge < -0.3 is 14.6 Å². The first-order chi connectivity index (χ1) is 9.58. The molecule has 0 aromatic carbocycles. The summed E-state index contributed by atoms with van der Waals surface area (Å²) in [5, 5.41) is 3.23. The number of piperidine rings is 1. The molecule has 4 heteroatoms. The van der Waals surface area contributed by atoms with Crippen LogP contribution in [0.15, 0.2) is 10.7 Å². The zero-order valence-electron chi connectivity index (χ0n) is 13.4. The van der Waals surface area contributed by atoms with Gasteiger partial charge in [0.25, 0.3) is 0 Å². The molecule has 0 spiro atoms. The van der Waals surface area contributed by atoms with Crippen molar-refractivity contribution in [2.75, 3.05) is 20.1 Å². The van der Waals surface area contributed by atoms with Crippen LogP contribution >= 0.6 is 0 Å². The fourth-order valence-corrected chi connectivity index (χ4v) is 2.87. The minimum Gasteiger partial charge on any atom is -0.449 e. The molecule has 114 valence electrons. The summed E-state index contributed by atoms with van der Waals surface area (Å²) in [7, 11) is 1.98. The molecule has 1 N–H and O–H groups in total. The third-order valence-electron chi connectivity index (χ3n) is 4.45. The highest BCUT2D eigenvalue weighted by Crippen LogP contribution is 2.22. The normalized spacial score (nSPS) is 19.6. The van der Waals surface area contributed by atoms with E-state index in [1.165, 1.54) is 25.9 Å². The van der Waals surface area contributed by atoms with Gasteiger partial charge in [-0.15, -0.1) is 0 Å². The SMILES string of the molecule is CNC(C)Cc1coc(CC2CCN(C(C)C)CC2)n1. The summed E-state index contributed by atoms with van der Waals surface area (Å²) in [5.41, 5.74) is 1.07. The van der Waals surface area contributed by atoms with Crippen LogP contribution in [-0.2, 0) is 12.8 Å². The first-order valence-electron chi connectivity index (χ1n) is 7.93. The molecular formula is C16H29N3O. The Kier molecular flexibility index (Phi) is 5.61. The summed E-state index contributed by atoms with van der Waals surface area (Å²) in [6, 6.07) is 1.12. The van der Waals surface area contributed by atoms with Crippen LogP contribution in [0.2, 0.25) is 0 Å². The fourth-order valence-electron chi connectivity index (χ4n) is 2.87. The van der Waals surface area contributed by atoms with E-state index in [-0.39, 0.29) is 0 Å². The zero-order chi connectivity index (χ0) is 14.5. The highest BCUT2D eigenvalue weighted by molar-refractivity contribution is 4.99. The Balaban J connectivity index is 1.80. The third-order valence-corrected chi connectivity index (χ3v) is 4.45. The van der Waals surface area contributed by atoms with Crippen LogP contribution in [0, 0.1) is 5.92 Å². The van der Waals surface area contributed by atoms with E-state index in [1.807, 2.05) is 13.3 Å². The van der Waals surface area contributed by atoms with Crippen LogP contribution in [0.5, 0.6) is 0 Å². The van der Waals surface area contributed by atoms with Crippen LogP contribution in [0.25, 0.3) is 0 Å². The smallest absolute Gasteiger partial charge is 0.194 e. The predicted molar refractivity (Wildman–Crippen MR) is 81.9 cm³/mol. The first-order valence-corrected chi connectivity index (χ1v) is 7.93. The average Bonchev–Trinajstić information content (AvgIpc) is 2.86. The molecule has 1 aliphatic rings. The molecule has 2 rings (SSSR count). The van der Waals surface area contributed by atoms with Crippen LogP contribution in [0.3, 0.4) is 0 Å². The number of hydrogen-bond acceptors (Lipinski definition) is 4. The van der Waals surface area contributed by atoms with Crippen molar-refractivity contribution in [1.82, 2.24) is 15.2 Å². The molecule has 0 bridgehead atoms. The van der Waals surface area contributed by atoms with Crippen LogP contribution in [0.1, 0.15) is 45.2 Å². The molecule has 1 aliphatic heterocycles. The molecule has 0 radical (unpaired) electrons. The maximum Gasteiger partial charge on any atom is 0.194 e. The maximum absolute atomic E-state index is 5.63. The van der Waals surface area contributed by atoms with Gasteiger partial charge in [-0.1, -0.05) is 0 Å². The van der Waals surface area contributed by atoms with Crippen molar-refractivity contribution >= 4 is 0 Å². The number of aromatic nitrogens is 1. The lowest BCUT2D eigenvalue weighted by Crippen LogP contribution is -2.38. The van der Waals surface area contributed by atoms with Gasteiger partial charge in [0.05, 0.1) is 5.69 Å². The van der Waals surface area contributed by atoms with Gasteiger partial charge in [-0.2, -0.15) is 0 Å². The van der Waals surface area contributed by atoms with Crippen molar-refractivity contribution < 1.29 is 4.42 Å². The molecule has 1 aromatic heterocycles. The maximum atomic E-state index is 5.63. The van der Waals surface area contributed by atoms with E-state index >= 15 is 0 Å². The average molecular weight is 279 g/mol. The summed E-state index contributed by atoms with van der Waals surface area (Å²) in [6.45, 7) is 9.16. The van der Waals surface area contributed by atoms with Gasteiger partial charge in [0.1, 0.15) is 6.26 Å². The molecule has 0 saturated carbocycles. The molecule has 20 heavy (non-hydrogen) atoms. The van der Waals surface area contributed by atoms with Gasteiger partial charge in [0.15, 0.2) is 5.89 Å². The summed E-state index contributed by atoms with van der Waals surface area (Å²) in [4.78, 5) is 7.19. The van der Waals surface area contributed by atoms with E-state index < -0.39 is 0 Å². The molecule has 1 fully saturated rings. The second-order valence-electron chi connectivity index (χ2n) is 6.40. The highest BCUT2D eigenvalue weighted by Gasteiger charge is 2.22. The van der Waals surface area contributed by atoms with Crippen molar-refractivity contribution in [1.29, 1.82) is 0 Å². The van der Waals surface area contributed by atoms with E-state index in [9.17, 15) is 0 Å². The second kappa shape index (κ2) is 7.23. The van der Waals surface area contributed by atoms with E-state index in [2.05, 4.69) is 36.0 Å². The topological polar surface area (TPSA) is 41.3 Å². The summed E-state index contributed by atoms with van der Waals surface area (Å²) >= 11 is 0. The Labute approximate surface area is 122 Å². The lowest BCUT2D eigenvalue weighted by molar-refractivity contribution is 0.146. The minimum absolute atomic E-state index is 0.447. The van der Waals surface area contributed by atoms with Crippen LogP contribution in [0.4, 0.5) is 0 Å². The Bertz CT molecular complexity index is 394. The molecule has 1 aromatic rings. The summed E-state index contributed by atoms with van der Waals surface area (Å²) < 4.78 is 5.63. The summed E-state index contributed by atoms with van der Waals surface area (Å²) in [5.74, 6) is 1.66. The Morgan fingerprint density at radius 1 is 1.35 bits per heavy atom. The predicted octanol–water partition coefficient (Wildman–Crippen LogP) is 2.49.